The number of nitrogen functional groups attached to an aromatic ring is 1. The minimum atomic E-state index is 0.636. The highest BCUT2D eigenvalue weighted by molar-refractivity contribution is 5.82. The lowest BCUT2D eigenvalue weighted by Gasteiger charge is -2.06. The van der Waals surface area contributed by atoms with Gasteiger partial charge in [0.05, 0.1) is 11.0 Å². The van der Waals surface area contributed by atoms with E-state index in [0.29, 0.717) is 5.95 Å². The van der Waals surface area contributed by atoms with Crippen molar-refractivity contribution < 1.29 is 0 Å². The van der Waals surface area contributed by atoms with Crippen LogP contribution in [-0.4, -0.2) is 9.55 Å². The Labute approximate surface area is 96.3 Å². The van der Waals surface area contributed by atoms with Gasteiger partial charge in [0.25, 0.3) is 0 Å². The number of aryl methyl sites for hydroxylation is 3. The summed E-state index contributed by atoms with van der Waals surface area (Å²) in [6.07, 6.45) is 2.31. The van der Waals surface area contributed by atoms with Gasteiger partial charge in [-0.1, -0.05) is 19.4 Å². The number of unbranched alkanes of at least 4 members (excludes halogenated alkanes) is 1. The predicted octanol–water partition coefficient (Wildman–Crippen LogP) is 3.04. The Morgan fingerprint density at radius 2 is 2.06 bits per heavy atom. The van der Waals surface area contributed by atoms with Crippen LogP contribution in [0.5, 0.6) is 0 Å². The molecule has 0 radical (unpaired) electrons. The molecule has 86 valence electrons. The first-order valence-corrected chi connectivity index (χ1v) is 5.86. The quantitative estimate of drug-likeness (QED) is 0.858. The van der Waals surface area contributed by atoms with Gasteiger partial charge < -0.3 is 10.3 Å². The highest BCUT2D eigenvalue weighted by Crippen LogP contribution is 2.23. The van der Waals surface area contributed by atoms with E-state index in [4.69, 9.17) is 5.73 Å². The Morgan fingerprint density at radius 3 is 2.75 bits per heavy atom. The Bertz CT molecular complexity index is 511. The van der Waals surface area contributed by atoms with E-state index >= 15 is 0 Å². The van der Waals surface area contributed by atoms with Gasteiger partial charge in [0, 0.05) is 6.54 Å². The molecule has 0 fully saturated rings. The second-order valence-electron chi connectivity index (χ2n) is 4.42. The Hall–Kier alpha value is -1.51. The number of hydrogen-bond donors (Lipinski definition) is 1. The van der Waals surface area contributed by atoms with E-state index < -0.39 is 0 Å². The second-order valence-corrected chi connectivity index (χ2v) is 4.42. The number of benzene rings is 1. The molecule has 3 heteroatoms. The van der Waals surface area contributed by atoms with E-state index in [1.54, 1.807) is 0 Å². The van der Waals surface area contributed by atoms with Gasteiger partial charge in [0.1, 0.15) is 0 Å². The van der Waals surface area contributed by atoms with Gasteiger partial charge in [-0.2, -0.15) is 0 Å². The summed E-state index contributed by atoms with van der Waals surface area (Å²) in [4.78, 5) is 4.45. The number of nitrogens with zero attached hydrogens (tertiary/aromatic N) is 2. The monoisotopic (exact) mass is 217 g/mol. The van der Waals surface area contributed by atoms with Crippen LogP contribution in [0.1, 0.15) is 30.9 Å². The van der Waals surface area contributed by atoms with E-state index in [2.05, 4.69) is 42.5 Å². The number of aromatic nitrogens is 2. The molecule has 1 aromatic heterocycles. The molecule has 0 aliphatic rings. The van der Waals surface area contributed by atoms with Gasteiger partial charge in [-0.05, 0) is 37.5 Å². The van der Waals surface area contributed by atoms with Crippen LogP contribution < -0.4 is 5.73 Å². The molecule has 0 spiro atoms. The molecule has 2 rings (SSSR count). The van der Waals surface area contributed by atoms with Crippen LogP contribution in [-0.2, 0) is 6.54 Å². The van der Waals surface area contributed by atoms with Gasteiger partial charge in [0.15, 0.2) is 0 Å². The molecule has 0 bridgehead atoms. The molecule has 0 amide bonds. The maximum Gasteiger partial charge on any atom is 0.201 e. The van der Waals surface area contributed by atoms with Crippen LogP contribution in [0.2, 0.25) is 0 Å². The van der Waals surface area contributed by atoms with Crippen LogP contribution in [0.4, 0.5) is 5.95 Å². The molecule has 0 saturated carbocycles. The van der Waals surface area contributed by atoms with Crippen LogP contribution in [0.15, 0.2) is 12.1 Å². The van der Waals surface area contributed by atoms with Gasteiger partial charge in [-0.15, -0.1) is 0 Å². The summed E-state index contributed by atoms with van der Waals surface area (Å²) < 4.78 is 2.12. The first-order chi connectivity index (χ1) is 7.63. The maximum absolute atomic E-state index is 5.96. The van der Waals surface area contributed by atoms with Crippen LogP contribution in [0.25, 0.3) is 11.0 Å². The largest absolute Gasteiger partial charge is 0.369 e. The molecule has 1 heterocycles. The smallest absolute Gasteiger partial charge is 0.201 e. The van der Waals surface area contributed by atoms with E-state index in [1.165, 1.54) is 23.1 Å². The second kappa shape index (κ2) is 4.16. The summed E-state index contributed by atoms with van der Waals surface area (Å²) in [6, 6.07) is 4.32. The first-order valence-electron chi connectivity index (χ1n) is 5.86. The zero-order valence-corrected chi connectivity index (χ0v) is 10.2. The highest BCUT2D eigenvalue weighted by atomic mass is 15.1. The number of fused-ring (bicyclic) bond motifs is 1. The molecule has 16 heavy (non-hydrogen) atoms. The third kappa shape index (κ3) is 1.77. The first kappa shape index (κ1) is 11.0. The lowest BCUT2D eigenvalue weighted by molar-refractivity contribution is 0.653. The number of hydrogen-bond acceptors (Lipinski definition) is 2. The van der Waals surface area contributed by atoms with Crippen LogP contribution >= 0.6 is 0 Å². The topological polar surface area (TPSA) is 43.8 Å². The Morgan fingerprint density at radius 1 is 1.31 bits per heavy atom. The lowest BCUT2D eigenvalue weighted by Crippen LogP contribution is -2.03. The minimum absolute atomic E-state index is 0.636. The third-order valence-corrected chi connectivity index (χ3v) is 2.95. The van der Waals surface area contributed by atoms with Gasteiger partial charge >= 0.3 is 0 Å². The van der Waals surface area contributed by atoms with Crippen LogP contribution in [0.3, 0.4) is 0 Å². The van der Waals surface area contributed by atoms with Gasteiger partial charge in [-0.3, -0.25) is 0 Å². The van der Waals surface area contributed by atoms with Crippen molar-refractivity contribution in [3.63, 3.8) is 0 Å². The van der Waals surface area contributed by atoms with Crippen molar-refractivity contribution in [2.75, 3.05) is 5.73 Å². The molecule has 0 aliphatic heterocycles. The SMILES string of the molecule is CCCCn1c(N)nc2c(C)cc(C)cc21. The number of nitrogens with two attached hydrogens (primary N) is 1. The number of rotatable bonds is 3. The standard InChI is InChI=1S/C13H19N3/c1-4-5-6-16-11-8-9(2)7-10(3)12(11)15-13(16)14/h7-8H,4-6H2,1-3H3,(H2,14,15). The van der Waals surface area contributed by atoms with Crippen molar-refractivity contribution in [2.45, 2.75) is 40.2 Å². The molecule has 0 saturated heterocycles. The predicted molar refractivity (Wildman–Crippen MR) is 68.5 cm³/mol. The average Bonchev–Trinajstić information content (AvgIpc) is 2.53. The van der Waals surface area contributed by atoms with Crippen molar-refractivity contribution in [1.82, 2.24) is 9.55 Å². The molecular weight excluding hydrogens is 198 g/mol. The summed E-state index contributed by atoms with van der Waals surface area (Å²) in [6.45, 7) is 7.35. The summed E-state index contributed by atoms with van der Waals surface area (Å²) in [7, 11) is 0. The zero-order valence-electron chi connectivity index (χ0n) is 10.2. The molecule has 0 aliphatic carbocycles. The van der Waals surface area contributed by atoms with E-state index in [0.717, 1.165) is 18.5 Å². The molecular formula is C13H19N3. The van der Waals surface area contributed by atoms with Crippen molar-refractivity contribution in [1.29, 1.82) is 0 Å². The summed E-state index contributed by atoms with van der Waals surface area (Å²) >= 11 is 0. The summed E-state index contributed by atoms with van der Waals surface area (Å²) in [5.41, 5.74) is 10.6. The fourth-order valence-corrected chi connectivity index (χ4v) is 2.14. The molecule has 2 N–H and O–H groups in total. The highest BCUT2D eigenvalue weighted by Gasteiger charge is 2.09. The lowest BCUT2D eigenvalue weighted by atomic mass is 10.1. The molecule has 0 atom stereocenters. The van der Waals surface area contributed by atoms with E-state index in [-0.39, 0.29) is 0 Å². The van der Waals surface area contributed by atoms with Crippen molar-refractivity contribution in [3.05, 3.63) is 23.3 Å². The zero-order chi connectivity index (χ0) is 11.7. The summed E-state index contributed by atoms with van der Waals surface area (Å²) in [5, 5.41) is 0. The van der Waals surface area contributed by atoms with Crippen molar-refractivity contribution in [3.8, 4) is 0 Å². The van der Waals surface area contributed by atoms with E-state index in [9.17, 15) is 0 Å². The third-order valence-electron chi connectivity index (χ3n) is 2.95. The normalized spacial score (nSPS) is 11.2. The van der Waals surface area contributed by atoms with Crippen molar-refractivity contribution >= 4 is 17.0 Å². The fraction of sp³-hybridized carbons (Fsp3) is 0.462. The van der Waals surface area contributed by atoms with E-state index in [1.807, 2.05) is 0 Å². The minimum Gasteiger partial charge on any atom is -0.369 e. The Balaban J connectivity index is 2.59. The molecule has 0 unspecified atom stereocenters. The number of imidazole rings is 1. The summed E-state index contributed by atoms with van der Waals surface area (Å²) in [5.74, 6) is 0.636. The van der Waals surface area contributed by atoms with Crippen LogP contribution in [0, 0.1) is 13.8 Å². The van der Waals surface area contributed by atoms with Gasteiger partial charge in [-0.25, -0.2) is 4.98 Å². The number of anilines is 1. The maximum atomic E-state index is 5.96. The van der Waals surface area contributed by atoms with Gasteiger partial charge in [0.2, 0.25) is 5.95 Å². The van der Waals surface area contributed by atoms with Crippen molar-refractivity contribution in [2.24, 2.45) is 0 Å². The molecule has 1 aromatic carbocycles. The molecule has 2 aromatic rings. The Kier molecular flexibility index (Phi) is 2.86. The fourth-order valence-electron chi connectivity index (χ4n) is 2.14. The molecule has 3 nitrogen and oxygen atoms in total. The average molecular weight is 217 g/mol.